The summed E-state index contributed by atoms with van der Waals surface area (Å²) < 4.78 is 0. The molecule has 0 bridgehead atoms. The van der Waals surface area contributed by atoms with Crippen molar-refractivity contribution in [2.75, 3.05) is 16.8 Å². The van der Waals surface area contributed by atoms with Crippen LogP contribution in [-0.2, 0) is 0 Å². The molecule has 116 valence electrons. The summed E-state index contributed by atoms with van der Waals surface area (Å²) in [5, 5.41) is 2.62. The van der Waals surface area contributed by atoms with Gasteiger partial charge in [-0.05, 0) is 57.2 Å². The molecule has 1 amide bonds. The molecule has 0 fully saturated rings. The number of H-pyrrole nitrogens is 1. The number of hydrogen-bond acceptors (Lipinski definition) is 3. The fraction of sp³-hybridized carbons (Fsp3) is 0.294. The van der Waals surface area contributed by atoms with Crippen molar-refractivity contribution >= 4 is 17.3 Å². The van der Waals surface area contributed by atoms with Gasteiger partial charge in [0.15, 0.2) is 0 Å². The van der Waals surface area contributed by atoms with Gasteiger partial charge >= 0.3 is 0 Å². The van der Waals surface area contributed by atoms with Crippen molar-refractivity contribution in [3.05, 3.63) is 58.5 Å². The second-order valence-electron chi connectivity index (χ2n) is 5.29. The second-order valence-corrected chi connectivity index (χ2v) is 5.29. The maximum Gasteiger partial charge on any atom is 0.271 e. The van der Waals surface area contributed by atoms with Crippen LogP contribution in [0.2, 0.25) is 0 Å². The Bertz CT molecular complexity index is 690. The largest absolute Gasteiger partial charge is 0.369 e. The first kappa shape index (κ1) is 15.8. The molecule has 0 aliphatic heterocycles. The highest BCUT2D eigenvalue weighted by molar-refractivity contribution is 6.04. The lowest BCUT2D eigenvalue weighted by atomic mass is 10.1. The van der Waals surface area contributed by atoms with E-state index in [0.717, 1.165) is 12.2 Å². The van der Waals surface area contributed by atoms with Crippen LogP contribution in [0.15, 0.2) is 47.4 Å². The number of carbonyl (C=O) groups is 1. The molecule has 2 N–H and O–H groups in total. The van der Waals surface area contributed by atoms with Gasteiger partial charge in [0.1, 0.15) is 5.69 Å². The molecule has 0 saturated heterocycles. The quantitative estimate of drug-likeness (QED) is 0.892. The molecule has 1 heterocycles. The number of anilines is 2. The third-order valence-electron chi connectivity index (χ3n) is 3.49. The first-order valence-corrected chi connectivity index (χ1v) is 7.38. The Morgan fingerprint density at radius 3 is 2.45 bits per heavy atom. The van der Waals surface area contributed by atoms with E-state index in [4.69, 9.17) is 0 Å². The molecule has 0 saturated carbocycles. The van der Waals surface area contributed by atoms with E-state index in [2.05, 4.69) is 36.0 Å². The number of rotatable bonds is 5. The van der Waals surface area contributed by atoms with E-state index in [1.54, 1.807) is 24.3 Å². The summed E-state index contributed by atoms with van der Waals surface area (Å²) in [5.41, 5.74) is 1.52. The van der Waals surface area contributed by atoms with Crippen LogP contribution >= 0.6 is 0 Å². The lowest BCUT2D eigenvalue weighted by Gasteiger charge is -2.27. The zero-order valence-corrected chi connectivity index (χ0v) is 13.1. The second kappa shape index (κ2) is 6.93. The molecule has 2 aromatic rings. The summed E-state index contributed by atoms with van der Waals surface area (Å²) in [6.07, 6.45) is 1.53. The first-order valence-electron chi connectivity index (χ1n) is 7.38. The van der Waals surface area contributed by atoms with Crippen molar-refractivity contribution in [2.24, 2.45) is 0 Å². The van der Waals surface area contributed by atoms with E-state index >= 15 is 0 Å². The van der Waals surface area contributed by atoms with Gasteiger partial charge in [0, 0.05) is 30.0 Å². The van der Waals surface area contributed by atoms with Gasteiger partial charge in [-0.2, -0.15) is 0 Å². The molecule has 0 unspecified atom stereocenters. The molecule has 0 radical (unpaired) electrons. The average Bonchev–Trinajstić information content (AvgIpc) is 2.50. The monoisotopic (exact) mass is 299 g/mol. The first-order chi connectivity index (χ1) is 10.5. The van der Waals surface area contributed by atoms with Gasteiger partial charge in [0.2, 0.25) is 0 Å². The molecule has 5 heteroatoms. The van der Waals surface area contributed by atoms with Crippen LogP contribution in [0.1, 0.15) is 31.1 Å². The van der Waals surface area contributed by atoms with Gasteiger partial charge in [-0.15, -0.1) is 0 Å². The van der Waals surface area contributed by atoms with E-state index in [-0.39, 0.29) is 17.2 Å². The lowest BCUT2D eigenvalue weighted by molar-refractivity contribution is 0.102. The van der Waals surface area contributed by atoms with Crippen LogP contribution < -0.4 is 15.8 Å². The molecule has 0 spiro atoms. The predicted molar refractivity (Wildman–Crippen MR) is 89.6 cm³/mol. The number of nitrogens with zero attached hydrogens (tertiary/aromatic N) is 1. The van der Waals surface area contributed by atoms with E-state index in [9.17, 15) is 9.59 Å². The molecule has 0 aliphatic carbocycles. The van der Waals surface area contributed by atoms with E-state index < -0.39 is 0 Å². The molecule has 1 aromatic heterocycles. The Kier molecular flexibility index (Phi) is 4.99. The number of amides is 1. The van der Waals surface area contributed by atoms with Gasteiger partial charge in [0.25, 0.3) is 11.5 Å². The van der Waals surface area contributed by atoms with Crippen LogP contribution in [0.5, 0.6) is 0 Å². The SMILES string of the molecule is CCN(c1ccc(C(=O)Nc2ccc[nH]c2=O)cc1)C(C)C. The lowest BCUT2D eigenvalue weighted by Crippen LogP contribution is -2.30. The van der Waals surface area contributed by atoms with Crippen molar-refractivity contribution < 1.29 is 4.79 Å². The number of pyridine rings is 1. The van der Waals surface area contributed by atoms with Crippen molar-refractivity contribution in [1.29, 1.82) is 0 Å². The summed E-state index contributed by atoms with van der Waals surface area (Å²) >= 11 is 0. The summed E-state index contributed by atoms with van der Waals surface area (Å²) in [6.45, 7) is 7.27. The van der Waals surface area contributed by atoms with E-state index in [1.807, 2.05) is 12.1 Å². The highest BCUT2D eigenvalue weighted by Gasteiger charge is 2.11. The molecular weight excluding hydrogens is 278 g/mol. The minimum absolute atomic E-state index is 0.244. The Labute approximate surface area is 130 Å². The van der Waals surface area contributed by atoms with Crippen molar-refractivity contribution in [3.8, 4) is 0 Å². The minimum Gasteiger partial charge on any atom is -0.369 e. The Hall–Kier alpha value is -2.56. The zero-order chi connectivity index (χ0) is 16.1. The molecule has 2 rings (SSSR count). The van der Waals surface area contributed by atoms with Crippen LogP contribution in [0, 0.1) is 0 Å². The van der Waals surface area contributed by atoms with Crippen LogP contribution in [0.3, 0.4) is 0 Å². The van der Waals surface area contributed by atoms with Crippen molar-refractivity contribution in [1.82, 2.24) is 4.98 Å². The summed E-state index contributed by atoms with van der Waals surface area (Å²) in [6, 6.07) is 11.0. The maximum atomic E-state index is 12.2. The highest BCUT2D eigenvalue weighted by Crippen LogP contribution is 2.18. The fourth-order valence-corrected chi connectivity index (χ4v) is 2.36. The normalized spacial score (nSPS) is 10.5. The molecule has 1 aromatic carbocycles. The number of hydrogen-bond donors (Lipinski definition) is 2. The summed E-state index contributed by atoms with van der Waals surface area (Å²) in [4.78, 5) is 28.5. The Morgan fingerprint density at radius 1 is 1.23 bits per heavy atom. The highest BCUT2D eigenvalue weighted by atomic mass is 16.2. The topological polar surface area (TPSA) is 65.2 Å². The van der Waals surface area contributed by atoms with Crippen LogP contribution in [-0.4, -0.2) is 23.5 Å². The molecule has 0 atom stereocenters. The number of carbonyl (C=O) groups excluding carboxylic acids is 1. The number of benzene rings is 1. The number of nitrogens with one attached hydrogen (secondary N) is 2. The molecular formula is C17H21N3O2. The number of aromatic nitrogens is 1. The van der Waals surface area contributed by atoms with Crippen molar-refractivity contribution in [2.45, 2.75) is 26.8 Å². The third-order valence-corrected chi connectivity index (χ3v) is 3.49. The molecule has 0 aliphatic rings. The van der Waals surface area contributed by atoms with Gasteiger partial charge < -0.3 is 15.2 Å². The average molecular weight is 299 g/mol. The summed E-state index contributed by atoms with van der Waals surface area (Å²) in [7, 11) is 0. The van der Waals surface area contributed by atoms with Gasteiger partial charge in [-0.25, -0.2) is 0 Å². The van der Waals surface area contributed by atoms with Gasteiger partial charge in [-0.1, -0.05) is 0 Å². The maximum absolute atomic E-state index is 12.2. The number of aromatic amines is 1. The Balaban J connectivity index is 2.15. The van der Waals surface area contributed by atoms with Crippen molar-refractivity contribution in [3.63, 3.8) is 0 Å². The molecule has 22 heavy (non-hydrogen) atoms. The fourth-order valence-electron chi connectivity index (χ4n) is 2.36. The Morgan fingerprint density at radius 2 is 1.91 bits per heavy atom. The van der Waals surface area contributed by atoms with Gasteiger partial charge in [-0.3, -0.25) is 9.59 Å². The van der Waals surface area contributed by atoms with Gasteiger partial charge in [0.05, 0.1) is 0 Å². The van der Waals surface area contributed by atoms with Crippen LogP contribution in [0.4, 0.5) is 11.4 Å². The zero-order valence-electron chi connectivity index (χ0n) is 13.1. The van der Waals surface area contributed by atoms with E-state index in [0.29, 0.717) is 11.6 Å². The van der Waals surface area contributed by atoms with Crippen LogP contribution in [0.25, 0.3) is 0 Å². The van der Waals surface area contributed by atoms with E-state index in [1.165, 1.54) is 6.20 Å². The molecule has 5 nitrogen and oxygen atoms in total. The summed E-state index contributed by atoms with van der Waals surface area (Å²) in [5.74, 6) is -0.296. The minimum atomic E-state index is -0.315. The smallest absolute Gasteiger partial charge is 0.271 e. The third kappa shape index (κ3) is 3.55. The predicted octanol–water partition coefficient (Wildman–Crippen LogP) is 2.86. The standard InChI is InChI=1S/C17H21N3O2/c1-4-20(12(2)3)14-9-7-13(8-10-14)16(21)19-15-6-5-11-18-17(15)22/h5-12H,4H2,1-3H3,(H,18,22)(H,19,21).